The van der Waals surface area contributed by atoms with Gasteiger partial charge in [-0.05, 0) is 77.6 Å². The molecular weight excluding hydrogens is 478 g/mol. The van der Waals surface area contributed by atoms with Crippen LogP contribution in [0.3, 0.4) is 0 Å². The zero-order chi connectivity index (χ0) is 26.0. The number of ketones is 1. The van der Waals surface area contributed by atoms with Crippen molar-refractivity contribution in [1.29, 1.82) is 0 Å². The van der Waals surface area contributed by atoms with Gasteiger partial charge >= 0.3 is 0 Å². The van der Waals surface area contributed by atoms with E-state index in [4.69, 9.17) is 9.47 Å². The fourth-order valence-electron chi connectivity index (χ4n) is 4.42. The lowest BCUT2D eigenvalue weighted by molar-refractivity contribution is 0.101. The quantitative estimate of drug-likeness (QED) is 0.168. The van der Waals surface area contributed by atoms with Crippen LogP contribution in [0.4, 0.5) is 0 Å². The Bertz CT molecular complexity index is 1270. The Morgan fingerprint density at radius 2 is 1.54 bits per heavy atom. The van der Waals surface area contributed by atoms with Crippen molar-refractivity contribution in [2.24, 2.45) is 0 Å². The molecule has 37 heavy (non-hydrogen) atoms. The van der Waals surface area contributed by atoms with Gasteiger partial charge in [-0.2, -0.15) is 0 Å². The number of ether oxygens (including phenoxy) is 2. The summed E-state index contributed by atoms with van der Waals surface area (Å²) < 4.78 is 11.9. The zero-order valence-corrected chi connectivity index (χ0v) is 22.7. The van der Waals surface area contributed by atoms with Gasteiger partial charge in [0.25, 0.3) is 0 Å². The Balaban J connectivity index is 1.30. The molecule has 4 aromatic rings. The van der Waals surface area contributed by atoms with E-state index < -0.39 is 0 Å². The normalized spacial score (nSPS) is 11.0. The molecule has 192 valence electrons. The molecular formula is C32H35NO3S. The van der Waals surface area contributed by atoms with Crippen LogP contribution in [0.5, 0.6) is 11.5 Å². The first-order chi connectivity index (χ1) is 18.1. The van der Waals surface area contributed by atoms with E-state index in [2.05, 4.69) is 78.8 Å². The third-order valence-corrected chi connectivity index (χ3v) is 7.38. The van der Waals surface area contributed by atoms with Gasteiger partial charge in [0.2, 0.25) is 0 Å². The van der Waals surface area contributed by atoms with E-state index in [1.165, 1.54) is 38.2 Å². The number of pyridine rings is 1. The van der Waals surface area contributed by atoms with Crippen LogP contribution < -0.4 is 9.47 Å². The molecule has 0 aliphatic heterocycles. The molecule has 4 nitrogen and oxygen atoms in total. The molecule has 0 N–H and O–H groups in total. The van der Waals surface area contributed by atoms with Crippen molar-refractivity contribution in [2.45, 2.75) is 65.6 Å². The average Bonchev–Trinajstić information content (AvgIpc) is 3.40. The highest BCUT2D eigenvalue weighted by Crippen LogP contribution is 2.29. The molecule has 4 rings (SSSR count). The van der Waals surface area contributed by atoms with E-state index in [9.17, 15) is 4.79 Å². The summed E-state index contributed by atoms with van der Waals surface area (Å²) in [6, 6.07) is 21.0. The van der Waals surface area contributed by atoms with Crippen molar-refractivity contribution in [3.05, 3.63) is 100 Å². The van der Waals surface area contributed by atoms with Gasteiger partial charge in [0.15, 0.2) is 5.78 Å². The maximum Gasteiger partial charge on any atom is 0.161 e. The van der Waals surface area contributed by atoms with Gasteiger partial charge in [0.1, 0.15) is 24.7 Å². The molecule has 2 heterocycles. The molecule has 2 aromatic heterocycles. The summed E-state index contributed by atoms with van der Waals surface area (Å²) in [5.74, 6) is 2.14. The molecule has 0 bridgehead atoms. The topological polar surface area (TPSA) is 48.4 Å². The molecule has 0 amide bonds. The van der Waals surface area contributed by atoms with Crippen molar-refractivity contribution >= 4 is 17.1 Å². The lowest BCUT2D eigenvalue weighted by Gasteiger charge is -2.16. The number of rotatable bonds is 13. The standard InChI is InChI=1S/C32H35NO3S/c1-4-6-25(7-5-2)26-12-14-30(15-13-26)35-20-24-8-10-27(11-9-24)29-17-32(37-22-29)21-36-31-16-28(23(3)34)18-33-19-31/h8-19,22,25H,4-7,20-21H2,1-3H3. The second kappa shape index (κ2) is 13.2. The third-order valence-electron chi connectivity index (χ3n) is 6.47. The summed E-state index contributed by atoms with van der Waals surface area (Å²) in [6.45, 7) is 7.03. The highest BCUT2D eigenvalue weighted by Gasteiger charge is 2.10. The van der Waals surface area contributed by atoms with E-state index >= 15 is 0 Å². The summed E-state index contributed by atoms with van der Waals surface area (Å²) in [6.07, 6.45) is 8.10. The first kappa shape index (κ1) is 26.6. The Labute approximate surface area is 224 Å². The fraction of sp³-hybridized carbons (Fsp3) is 0.312. The molecule has 0 aliphatic rings. The van der Waals surface area contributed by atoms with Crippen molar-refractivity contribution in [3.8, 4) is 22.6 Å². The van der Waals surface area contributed by atoms with Gasteiger partial charge in [-0.15, -0.1) is 11.3 Å². The minimum absolute atomic E-state index is 0.0222. The van der Waals surface area contributed by atoms with Crippen LogP contribution >= 0.6 is 11.3 Å². The number of carbonyl (C=O) groups is 1. The first-order valence-corrected chi connectivity index (χ1v) is 13.9. The van der Waals surface area contributed by atoms with Crippen LogP contribution in [0.2, 0.25) is 0 Å². The Morgan fingerprint density at radius 1 is 0.838 bits per heavy atom. The van der Waals surface area contributed by atoms with Crippen LogP contribution in [0.1, 0.15) is 78.7 Å². The summed E-state index contributed by atoms with van der Waals surface area (Å²) >= 11 is 1.66. The van der Waals surface area contributed by atoms with Crippen LogP contribution in [0, 0.1) is 0 Å². The van der Waals surface area contributed by atoms with Gasteiger partial charge < -0.3 is 9.47 Å². The molecule has 5 heteroatoms. The fourth-order valence-corrected chi connectivity index (χ4v) is 5.23. The number of carbonyl (C=O) groups excluding carboxylic acids is 1. The van der Waals surface area contributed by atoms with Crippen molar-refractivity contribution in [2.75, 3.05) is 0 Å². The number of Topliss-reactive ketones (excluding diaryl/α,β-unsaturated/α-hetero) is 1. The van der Waals surface area contributed by atoms with Crippen LogP contribution in [0.15, 0.2) is 78.4 Å². The Kier molecular flexibility index (Phi) is 9.50. The number of hydrogen-bond donors (Lipinski definition) is 0. The summed E-state index contributed by atoms with van der Waals surface area (Å²) in [5, 5.41) is 2.14. The molecule has 0 aliphatic carbocycles. The molecule has 0 saturated carbocycles. The number of aromatic nitrogens is 1. The molecule has 0 atom stereocenters. The highest BCUT2D eigenvalue weighted by atomic mass is 32.1. The van der Waals surface area contributed by atoms with Gasteiger partial charge in [-0.25, -0.2) is 0 Å². The maximum absolute atomic E-state index is 11.5. The maximum atomic E-state index is 11.5. The Morgan fingerprint density at radius 3 is 2.22 bits per heavy atom. The predicted octanol–water partition coefficient (Wildman–Crippen LogP) is 8.85. The van der Waals surface area contributed by atoms with Crippen molar-refractivity contribution in [3.63, 3.8) is 0 Å². The van der Waals surface area contributed by atoms with E-state index in [1.54, 1.807) is 29.8 Å². The van der Waals surface area contributed by atoms with Crippen molar-refractivity contribution in [1.82, 2.24) is 4.98 Å². The summed E-state index contributed by atoms with van der Waals surface area (Å²) in [7, 11) is 0. The van der Waals surface area contributed by atoms with E-state index in [-0.39, 0.29) is 5.78 Å². The van der Waals surface area contributed by atoms with E-state index in [0.29, 0.717) is 30.4 Å². The molecule has 0 saturated heterocycles. The van der Waals surface area contributed by atoms with Gasteiger partial charge in [0, 0.05) is 16.6 Å². The number of nitrogens with zero attached hydrogens (tertiary/aromatic N) is 1. The third kappa shape index (κ3) is 7.53. The largest absolute Gasteiger partial charge is 0.489 e. The van der Waals surface area contributed by atoms with Crippen molar-refractivity contribution < 1.29 is 14.3 Å². The second-order valence-corrected chi connectivity index (χ2v) is 10.4. The van der Waals surface area contributed by atoms with E-state index in [0.717, 1.165) is 27.3 Å². The van der Waals surface area contributed by atoms with Gasteiger partial charge in [-0.3, -0.25) is 9.78 Å². The minimum atomic E-state index is -0.0222. The lowest BCUT2D eigenvalue weighted by Crippen LogP contribution is -1.99. The number of thiophene rings is 1. The van der Waals surface area contributed by atoms with Crippen LogP contribution in [0.25, 0.3) is 11.1 Å². The first-order valence-electron chi connectivity index (χ1n) is 13.0. The van der Waals surface area contributed by atoms with Crippen LogP contribution in [-0.2, 0) is 13.2 Å². The monoisotopic (exact) mass is 513 g/mol. The number of benzene rings is 2. The average molecular weight is 514 g/mol. The minimum Gasteiger partial charge on any atom is -0.489 e. The molecule has 0 spiro atoms. The molecule has 0 radical (unpaired) electrons. The SMILES string of the molecule is CCCC(CCC)c1ccc(OCc2ccc(-c3csc(COc4cncc(C(C)=O)c4)c3)cc2)cc1. The Hall–Kier alpha value is -3.44. The molecule has 2 aromatic carbocycles. The second-order valence-electron chi connectivity index (χ2n) is 9.38. The van der Waals surface area contributed by atoms with Gasteiger partial charge in [0.05, 0.1) is 6.20 Å². The van der Waals surface area contributed by atoms with Gasteiger partial charge in [-0.1, -0.05) is 63.1 Å². The smallest absolute Gasteiger partial charge is 0.161 e. The van der Waals surface area contributed by atoms with E-state index in [1.807, 2.05) is 0 Å². The van der Waals surface area contributed by atoms with Crippen LogP contribution in [-0.4, -0.2) is 10.8 Å². The highest BCUT2D eigenvalue weighted by molar-refractivity contribution is 7.10. The zero-order valence-electron chi connectivity index (χ0n) is 21.9. The predicted molar refractivity (Wildman–Crippen MR) is 152 cm³/mol. The number of hydrogen-bond acceptors (Lipinski definition) is 5. The molecule has 0 unspecified atom stereocenters. The summed E-state index contributed by atoms with van der Waals surface area (Å²) in [4.78, 5) is 16.7. The molecule has 0 fully saturated rings. The summed E-state index contributed by atoms with van der Waals surface area (Å²) in [5.41, 5.74) is 5.43. The lowest BCUT2D eigenvalue weighted by atomic mass is 9.90.